The van der Waals surface area contributed by atoms with E-state index in [1.165, 1.54) is 6.33 Å². The van der Waals surface area contributed by atoms with Crippen molar-refractivity contribution in [1.82, 2.24) is 9.97 Å². The number of ether oxygens (including phenoxy) is 1. The molecule has 0 aliphatic rings. The topological polar surface area (TPSA) is 73.1 Å². The maximum atomic E-state index is 5.56. The number of rotatable bonds is 6. The van der Waals surface area contributed by atoms with E-state index in [1.54, 1.807) is 13.2 Å². The van der Waals surface area contributed by atoms with Gasteiger partial charge in [0.25, 0.3) is 0 Å². The molecular formula is C10H18N4O. The van der Waals surface area contributed by atoms with Crippen LogP contribution < -0.4 is 11.1 Å². The Bertz CT molecular complexity index is 287. The average molecular weight is 210 g/mol. The molecular weight excluding hydrogens is 192 g/mol. The van der Waals surface area contributed by atoms with Crippen LogP contribution in [0.25, 0.3) is 0 Å². The van der Waals surface area contributed by atoms with Gasteiger partial charge in [-0.2, -0.15) is 0 Å². The van der Waals surface area contributed by atoms with Gasteiger partial charge in [0.15, 0.2) is 0 Å². The molecule has 0 saturated heterocycles. The summed E-state index contributed by atoms with van der Waals surface area (Å²) in [4.78, 5) is 7.92. The van der Waals surface area contributed by atoms with E-state index < -0.39 is 0 Å². The molecule has 0 aliphatic heterocycles. The van der Waals surface area contributed by atoms with Gasteiger partial charge in [-0.3, -0.25) is 0 Å². The molecule has 1 unspecified atom stereocenters. The largest absolute Gasteiger partial charge is 0.384 e. The van der Waals surface area contributed by atoms with E-state index in [0.29, 0.717) is 12.4 Å². The van der Waals surface area contributed by atoms with Crippen LogP contribution in [0.5, 0.6) is 0 Å². The van der Waals surface area contributed by atoms with E-state index in [2.05, 4.69) is 22.2 Å². The van der Waals surface area contributed by atoms with E-state index in [-0.39, 0.29) is 6.04 Å². The van der Waals surface area contributed by atoms with Gasteiger partial charge in [-0.05, 0) is 6.42 Å². The quantitative estimate of drug-likeness (QED) is 0.740. The summed E-state index contributed by atoms with van der Waals surface area (Å²) in [5.41, 5.74) is 5.56. The first-order valence-electron chi connectivity index (χ1n) is 5.09. The lowest BCUT2D eigenvalue weighted by molar-refractivity contribution is 0.182. The lowest BCUT2D eigenvalue weighted by Crippen LogP contribution is -2.25. The summed E-state index contributed by atoms with van der Waals surface area (Å²) in [6, 6.07) is 1.99. The minimum Gasteiger partial charge on any atom is -0.384 e. The van der Waals surface area contributed by atoms with Crippen LogP contribution in [0, 0.1) is 0 Å². The number of aromatic nitrogens is 2. The predicted octanol–water partition coefficient (Wildman–Crippen LogP) is 1.29. The fourth-order valence-corrected chi connectivity index (χ4v) is 1.41. The van der Waals surface area contributed by atoms with Crippen LogP contribution in [-0.4, -0.2) is 29.7 Å². The minimum atomic E-state index is 0.272. The van der Waals surface area contributed by atoms with Crippen molar-refractivity contribution in [2.45, 2.75) is 25.8 Å². The number of hydrogen-bond donors (Lipinski definition) is 2. The zero-order valence-corrected chi connectivity index (χ0v) is 9.23. The Hall–Kier alpha value is -1.36. The van der Waals surface area contributed by atoms with Crippen LogP contribution in [0.2, 0.25) is 0 Å². The van der Waals surface area contributed by atoms with Crippen molar-refractivity contribution >= 4 is 11.6 Å². The predicted molar refractivity (Wildman–Crippen MR) is 60.6 cm³/mol. The number of methoxy groups -OCH3 is 1. The average Bonchev–Trinajstić information content (AvgIpc) is 2.18. The summed E-state index contributed by atoms with van der Waals surface area (Å²) in [6.07, 6.45) is 3.59. The highest BCUT2D eigenvalue weighted by Crippen LogP contribution is 2.09. The van der Waals surface area contributed by atoms with E-state index in [0.717, 1.165) is 18.7 Å². The molecule has 1 heterocycles. The Balaban J connectivity index is 2.56. The van der Waals surface area contributed by atoms with Crippen LogP contribution in [-0.2, 0) is 4.74 Å². The zero-order chi connectivity index (χ0) is 11.1. The molecule has 0 fully saturated rings. The van der Waals surface area contributed by atoms with Crippen LogP contribution in [0.1, 0.15) is 19.8 Å². The van der Waals surface area contributed by atoms with Crippen molar-refractivity contribution in [3.05, 3.63) is 12.4 Å². The first-order valence-corrected chi connectivity index (χ1v) is 5.09. The Labute approximate surface area is 90.1 Å². The second-order valence-electron chi connectivity index (χ2n) is 3.41. The lowest BCUT2D eigenvalue weighted by Gasteiger charge is -2.17. The van der Waals surface area contributed by atoms with Crippen LogP contribution in [0.15, 0.2) is 12.4 Å². The van der Waals surface area contributed by atoms with Gasteiger partial charge in [-0.1, -0.05) is 13.3 Å². The molecule has 5 nitrogen and oxygen atoms in total. The monoisotopic (exact) mass is 210 g/mol. The number of anilines is 2. The summed E-state index contributed by atoms with van der Waals surface area (Å²) >= 11 is 0. The fraction of sp³-hybridized carbons (Fsp3) is 0.600. The molecule has 84 valence electrons. The fourth-order valence-electron chi connectivity index (χ4n) is 1.41. The molecule has 0 bridgehead atoms. The van der Waals surface area contributed by atoms with Gasteiger partial charge in [-0.25, -0.2) is 9.97 Å². The van der Waals surface area contributed by atoms with Gasteiger partial charge in [0.1, 0.15) is 18.0 Å². The standard InChI is InChI=1S/C10H18N4O/c1-3-4-8(6-15-2)14-10-5-9(11)12-7-13-10/h5,7-8H,3-4,6H2,1-2H3,(H3,11,12,13,14). The summed E-state index contributed by atoms with van der Waals surface area (Å²) < 4.78 is 5.12. The summed E-state index contributed by atoms with van der Waals surface area (Å²) in [5, 5.41) is 3.27. The Kier molecular flexibility index (Phi) is 4.83. The van der Waals surface area contributed by atoms with E-state index in [4.69, 9.17) is 10.5 Å². The molecule has 0 spiro atoms. The molecule has 1 aromatic rings. The molecule has 0 aliphatic carbocycles. The van der Waals surface area contributed by atoms with Gasteiger partial charge in [0.05, 0.1) is 12.6 Å². The van der Waals surface area contributed by atoms with Crippen LogP contribution in [0.4, 0.5) is 11.6 Å². The second-order valence-corrected chi connectivity index (χ2v) is 3.41. The molecule has 0 aromatic carbocycles. The molecule has 0 amide bonds. The molecule has 0 radical (unpaired) electrons. The number of nitrogen functional groups attached to an aromatic ring is 1. The van der Waals surface area contributed by atoms with Crippen molar-refractivity contribution < 1.29 is 4.74 Å². The molecule has 1 atom stereocenters. The van der Waals surface area contributed by atoms with Crippen molar-refractivity contribution in [2.75, 3.05) is 24.8 Å². The third kappa shape index (κ3) is 4.12. The molecule has 0 saturated carbocycles. The normalized spacial score (nSPS) is 12.4. The summed E-state index contributed by atoms with van der Waals surface area (Å²) in [5.74, 6) is 1.22. The SMILES string of the molecule is CCCC(COC)Nc1cc(N)ncn1. The van der Waals surface area contributed by atoms with Gasteiger partial charge in [0.2, 0.25) is 0 Å². The molecule has 3 N–H and O–H groups in total. The first-order chi connectivity index (χ1) is 7.26. The van der Waals surface area contributed by atoms with Crippen molar-refractivity contribution in [2.24, 2.45) is 0 Å². The van der Waals surface area contributed by atoms with E-state index in [9.17, 15) is 0 Å². The maximum Gasteiger partial charge on any atom is 0.131 e. The molecule has 5 heteroatoms. The van der Waals surface area contributed by atoms with Gasteiger partial charge >= 0.3 is 0 Å². The number of nitrogens with two attached hydrogens (primary N) is 1. The van der Waals surface area contributed by atoms with Crippen LogP contribution in [0.3, 0.4) is 0 Å². The molecule has 1 rings (SSSR count). The van der Waals surface area contributed by atoms with E-state index in [1.807, 2.05) is 0 Å². The Morgan fingerprint density at radius 2 is 2.33 bits per heavy atom. The van der Waals surface area contributed by atoms with Crippen molar-refractivity contribution in [3.8, 4) is 0 Å². The Morgan fingerprint density at radius 3 is 2.93 bits per heavy atom. The van der Waals surface area contributed by atoms with Gasteiger partial charge in [0, 0.05) is 13.2 Å². The minimum absolute atomic E-state index is 0.272. The van der Waals surface area contributed by atoms with Crippen molar-refractivity contribution in [3.63, 3.8) is 0 Å². The van der Waals surface area contributed by atoms with Crippen molar-refractivity contribution in [1.29, 1.82) is 0 Å². The molecule has 1 aromatic heterocycles. The summed E-state index contributed by atoms with van der Waals surface area (Å²) in [6.45, 7) is 2.80. The number of nitrogens with one attached hydrogen (secondary N) is 1. The number of hydrogen-bond acceptors (Lipinski definition) is 5. The third-order valence-corrected chi connectivity index (χ3v) is 2.05. The van der Waals surface area contributed by atoms with Gasteiger partial charge in [-0.15, -0.1) is 0 Å². The number of nitrogens with zero attached hydrogens (tertiary/aromatic N) is 2. The van der Waals surface area contributed by atoms with E-state index >= 15 is 0 Å². The van der Waals surface area contributed by atoms with Gasteiger partial charge < -0.3 is 15.8 Å². The third-order valence-electron chi connectivity index (χ3n) is 2.05. The lowest BCUT2D eigenvalue weighted by atomic mass is 10.2. The highest BCUT2D eigenvalue weighted by atomic mass is 16.5. The Morgan fingerprint density at radius 1 is 1.53 bits per heavy atom. The molecule has 15 heavy (non-hydrogen) atoms. The zero-order valence-electron chi connectivity index (χ0n) is 9.23. The highest BCUT2D eigenvalue weighted by Gasteiger charge is 2.07. The smallest absolute Gasteiger partial charge is 0.131 e. The van der Waals surface area contributed by atoms with Crippen LogP contribution >= 0.6 is 0 Å². The summed E-state index contributed by atoms with van der Waals surface area (Å²) in [7, 11) is 1.69. The highest BCUT2D eigenvalue weighted by molar-refractivity contribution is 5.43. The maximum absolute atomic E-state index is 5.56. The first kappa shape index (κ1) is 11.7. The second kappa shape index (κ2) is 6.19.